The van der Waals surface area contributed by atoms with Gasteiger partial charge in [-0.1, -0.05) is 176 Å². The smallest absolute Gasteiger partial charge is 0.192 e. The second-order valence-corrected chi connectivity index (χ2v) is 34.0. The van der Waals surface area contributed by atoms with Crippen molar-refractivity contribution in [1.29, 1.82) is 0 Å². The number of ether oxygens (including phenoxy) is 6. The summed E-state index contributed by atoms with van der Waals surface area (Å²) in [5, 5.41) is 0.314. The van der Waals surface area contributed by atoms with E-state index in [1.165, 1.54) is 5.57 Å². The molecule has 3 aromatic carbocycles. The largest absolute Gasteiger partial charge is 0.497 e. The molecule has 3 saturated heterocycles. The third-order valence-electron chi connectivity index (χ3n) is 16.5. The molecule has 3 fully saturated rings. The first-order valence-electron chi connectivity index (χ1n) is 26.8. The van der Waals surface area contributed by atoms with E-state index in [-0.39, 0.29) is 58.0 Å². The SMILES string of the molecule is COc1ccc(C(OCC[C@@H]2O[C@H](/C=C/C/C=C/C(C)=C/[C@H]3O[C@@H](C/C=C/CO[Si](C)(C)C(C)(C)C)C[C@H](O[Si](C)(C)C(C)(C)C)[C@H]3C)C[C@H]3OC(C)(C)OC[C@@]23C)(c2ccccc2)c2ccccc2)cc1. The van der Waals surface area contributed by atoms with Crippen LogP contribution in [0.15, 0.2) is 133 Å². The van der Waals surface area contributed by atoms with Gasteiger partial charge in [0.2, 0.25) is 0 Å². The van der Waals surface area contributed by atoms with Crippen molar-refractivity contribution in [3.8, 4) is 5.75 Å². The number of hydrogen-bond acceptors (Lipinski definition) is 8. The van der Waals surface area contributed by atoms with Gasteiger partial charge in [-0.25, -0.2) is 0 Å². The van der Waals surface area contributed by atoms with Gasteiger partial charge < -0.3 is 37.3 Å². The molecular formula is C62H92O8Si2. The molecule has 10 heteroatoms. The number of fused-ring (bicyclic) bond motifs is 1. The molecule has 0 radical (unpaired) electrons. The molecule has 396 valence electrons. The van der Waals surface area contributed by atoms with E-state index < -0.39 is 28.0 Å². The standard InChI is InChI=1S/C62H92O8Si2/c1-46(42-54-47(2)55(70-72(15,16)59(6,7)8)43-52(67-54)34-26-27-40-66-71(13,14)58(3,4)5)28-20-17-25-33-53-44-57-61(11,45-65-60(9,10)69-57)56(68-53)39-41-64-62(48-29-21-18-22-30-48,49-31-23-19-24-32-49)50-35-37-51(63-12)38-36-50/h18-33,35-38,42,47,52-57H,17,34,39-41,43-45H2,1-16H3/b27-26+,28-20+,33-25+,46-42+/t47-,52-,53+,54+,55-,56-,57+,61-/m0/s1. The van der Waals surface area contributed by atoms with Gasteiger partial charge in [0.15, 0.2) is 22.4 Å². The first kappa shape index (κ1) is 57.8. The van der Waals surface area contributed by atoms with E-state index in [1.807, 2.05) is 38.1 Å². The molecule has 0 unspecified atom stereocenters. The fraction of sp³-hybridized carbons (Fsp3) is 0.581. The van der Waals surface area contributed by atoms with E-state index in [4.69, 9.17) is 37.3 Å². The maximum absolute atomic E-state index is 7.30. The summed E-state index contributed by atoms with van der Waals surface area (Å²) in [5.41, 5.74) is 3.08. The Bertz CT molecular complexity index is 2230. The zero-order valence-corrected chi connectivity index (χ0v) is 49.1. The van der Waals surface area contributed by atoms with Gasteiger partial charge in [0.05, 0.1) is 63.6 Å². The molecule has 72 heavy (non-hydrogen) atoms. The lowest BCUT2D eigenvalue weighted by Gasteiger charge is -2.54. The molecule has 6 rings (SSSR count). The first-order chi connectivity index (χ1) is 33.8. The van der Waals surface area contributed by atoms with Crippen LogP contribution in [0.5, 0.6) is 5.75 Å². The second-order valence-electron chi connectivity index (χ2n) is 24.5. The van der Waals surface area contributed by atoms with Gasteiger partial charge in [0, 0.05) is 17.8 Å². The number of methoxy groups -OCH3 is 1. The van der Waals surface area contributed by atoms with Crippen molar-refractivity contribution >= 4 is 16.6 Å². The van der Waals surface area contributed by atoms with E-state index in [0.717, 1.165) is 48.1 Å². The van der Waals surface area contributed by atoms with Crippen molar-refractivity contribution in [2.24, 2.45) is 11.3 Å². The summed E-state index contributed by atoms with van der Waals surface area (Å²) in [6.07, 6.45) is 19.4. The van der Waals surface area contributed by atoms with Gasteiger partial charge in [-0.3, -0.25) is 0 Å². The number of allylic oxidation sites excluding steroid dienone is 4. The summed E-state index contributed by atoms with van der Waals surface area (Å²) in [4.78, 5) is 0. The molecule has 0 bridgehead atoms. The van der Waals surface area contributed by atoms with Crippen molar-refractivity contribution in [3.05, 3.63) is 150 Å². The highest BCUT2D eigenvalue weighted by Gasteiger charge is 2.54. The van der Waals surface area contributed by atoms with Crippen molar-refractivity contribution in [2.45, 2.75) is 193 Å². The summed E-state index contributed by atoms with van der Waals surface area (Å²) in [7, 11) is -2.12. The molecular weight excluding hydrogens is 929 g/mol. The molecule has 8 atom stereocenters. The molecule has 3 heterocycles. The Labute approximate surface area is 438 Å². The fourth-order valence-electron chi connectivity index (χ4n) is 9.75. The lowest BCUT2D eigenvalue weighted by molar-refractivity contribution is -0.351. The molecule has 0 amide bonds. The Morgan fingerprint density at radius 2 is 1.36 bits per heavy atom. The monoisotopic (exact) mass is 1020 g/mol. The maximum Gasteiger partial charge on any atom is 0.192 e. The molecule has 3 aromatic rings. The van der Waals surface area contributed by atoms with Crippen LogP contribution in [0.2, 0.25) is 36.3 Å². The van der Waals surface area contributed by atoms with Gasteiger partial charge in [0.25, 0.3) is 0 Å². The van der Waals surface area contributed by atoms with Crippen molar-refractivity contribution in [1.82, 2.24) is 0 Å². The molecule has 0 N–H and O–H groups in total. The van der Waals surface area contributed by atoms with Gasteiger partial charge in [-0.15, -0.1) is 0 Å². The van der Waals surface area contributed by atoms with E-state index >= 15 is 0 Å². The predicted octanol–water partition coefficient (Wildman–Crippen LogP) is 15.3. The number of hydrogen-bond donors (Lipinski definition) is 0. The molecule has 0 aliphatic carbocycles. The maximum atomic E-state index is 7.30. The number of benzene rings is 3. The van der Waals surface area contributed by atoms with E-state index in [9.17, 15) is 0 Å². The van der Waals surface area contributed by atoms with Crippen molar-refractivity contribution in [2.75, 3.05) is 26.9 Å². The van der Waals surface area contributed by atoms with Crippen LogP contribution in [0.1, 0.15) is 125 Å². The summed E-state index contributed by atoms with van der Waals surface area (Å²) in [6.45, 7) is 35.6. The van der Waals surface area contributed by atoms with Crippen LogP contribution >= 0.6 is 0 Å². The fourth-order valence-corrected chi connectivity index (χ4v) is 12.1. The minimum atomic E-state index is -2.01. The average molecular weight is 1020 g/mol. The third-order valence-corrected chi connectivity index (χ3v) is 25.5. The molecule has 3 aliphatic rings. The van der Waals surface area contributed by atoms with Crippen molar-refractivity contribution in [3.63, 3.8) is 0 Å². The topological polar surface area (TPSA) is 73.8 Å². The third kappa shape index (κ3) is 14.3. The summed E-state index contributed by atoms with van der Waals surface area (Å²) < 4.78 is 53.5. The highest BCUT2D eigenvalue weighted by molar-refractivity contribution is 6.74. The minimum Gasteiger partial charge on any atom is -0.497 e. The van der Waals surface area contributed by atoms with Gasteiger partial charge >= 0.3 is 0 Å². The molecule has 0 spiro atoms. The van der Waals surface area contributed by atoms with Crippen molar-refractivity contribution < 1.29 is 37.3 Å². The average Bonchev–Trinajstić information content (AvgIpc) is 3.32. The predicted molar refractivity (Wildman–Crippen MR) is 301 cm³/mol. The van der Waals surface area contributed by atoms with E-state index in [2.05, 4.69) is 192 Å². The number of rotatable bonds is 20. The lowest BCUT2D eigenvalue weighted by atomic mass is 9.72. The Morgan fingerprint density at radius 1 is 0.750 bits per heavy atom. The zero-order valence-electron chi connectivity index (χ0n) is 47.1. The van der Waals surface area contributed by atoms with Crippen LogP contribution < -0.4 is 4.74 Å². The van der Waals surface area contributed by atoms with Crippen LogP contribution in [0.25, 0.3) is 0 Å². The van der Waals surface area contributed by atoms with E-state index in [1.54, 1.807) is 7.11 Å². The Balaban J connectivity index is 1.15. The quantitative estimate of drug-likeness (QED) is 0.0480. The lowest BCUT2D eigenvalue weighted by Crippen LogP contribution is -2.61. The van der Waals surface area contributed by atoms with Crippen LogP contribution in [0.4, 0.5) is 0 Å². The van der Waals surface area contributed by atoms with E-state index in [0.29, 0.717) is 26.2 Å². The minimum absolute atomic E-state index is 0.0491. The highest BCUT2D eigenvalue weighted by atomic mass is 28.4. The van der Waals surface area contributed by atoms with Crippen LogP contribution in [-0.2, 0) is 38.1 Å². The summed E-state index contributed by atoms with van der Waals surface area (Å²) in [5.74, 6) is 0.344. The van der Waals surface area contributed by atoms with Gasteiger partial charge in [-0.2, -0.15) is 0 Å². The van der Waals surface area contributed by atoms with Crippen LogP contribution in [0.3, 0.4) is 0 Å². The molecule has 0 aromatic heterocycles. The first-order valence-corrected chi connectivity index (χ1v) is 32.6. The Kier molecular flexibility index (Phi) is 19.3. The molecule has 3 aliphatic heterocycles. The zero-order chi connectivity index (χ0) is 52.6. The molecule has 8 nitrogen and oxygen atoms in total. The Morgan fingerprint density at radius 3 is 1.96 bits per heavy atom. The highest BCUT2D eigenvalue weighted by Crippen LogP contribution is 2.48. The van der Waals surface area contributed by atoms with Crippen LogP contribution in [0, 0.1) is 11.3 Å². The van der Waals surface area contributed by atoms with Gasteiger partial charge in [0.1, 0.15) is 11.4 Å². The summed E-state index contributed by atoms with van der Waals surface area (Å²) >= 11 is 0. The van der Waals surface area contributed by atoms with Crippen LogP contribution in [-0.4, -0.2) is 86.0 Å². The second kappa shape index (κ2) is 24.1. The van der Waals surface area contributed by atoms with Gasteiger partial charge in [-0.05, 0) is 112 Å². The Hall–Kier alpha value is -3.43. The molecule has 0 saturated carbocycles. The normalized spacial score (nSPS) is 26.9. The summed E-state index contributed by atoms with van der Waals surface area (Å²) in [6, 6.07) is 29.2.